The Morgan fingerprint density at radius 3 is 2.20 bits per heavy atom. The van der Waals surface area contributed by atoms with E-state index in [0.29, 0.717) is 19.4 Å². The molecule has 2 aromatic carbocycles. The van der Waals surface area contributed by atoms with Crippen LogP contribution < -0.4 is 0 Å². The molecule has 0 N–H and O–H groups in total. The zero-order valence-electron chi connectivity index (χ0n) is 17.8. The fraction of sp³-hybridized carbons (Fsp3) is 0.370. The number of piperidine rings is 1. The van der Waals surface area contributed by atoms with E-state index >= 15 is 0 Å². The lowest BCUT2D eigenvalue weighted by molar-refractivity contribution is -0.200. The molecule has 0 aromatic heterocycles. The van der Waals surface area contributed by atoms with E-state index in [-0.39, 0.29) is 17.9 Å². The number of ether oxygens (including phenoxy) is 1. The summed E-state index contributed by atoms with van der Waals surface area (Å²) in [6.07, 6.45) is 6.77. The van der Waals surface area contributed by atoms with Crippen LogP contribution in [0.5, 0.6) is 0 Å². The van der Waals surface area contributed by atoms with Crippen LogP contribution in [-0.4, -0.2) is 17.4 Å². The number of carbonyl (C=O) groups is 1. The van der Waals surface area contributed by atoms with Crippen LogP contribution in [0.3, 0.4) is 0 Å². The van der Waals surface area contributed by atoms with Crippen molar-refractivity contribution in [3.05, 3.63) is 97.1 Å². The topological polar surface area (TPSA) is 29.5 Å². The number of rotatable bonds is 7. The summed E-state index contributed by atoms with van der Waals surface area (Å²) in [4.78, 5) is 16.4. The van der Waals surface area contributed by atoms with Gasteiger partial charge < -0.3 is 9.64 Å². The van der Waals surface area contributed by atoms with Crippen LogP contribution in [0.4, 0.5) is 0 Å². The number of fused-ring (bicyclic) bond motifs is 1. The molecular weight excluding hydrogens is 370 g/mol. The van der Waals surface area contributed by atoms with E-state index in [9.17, 15) is 4.79 Å². The molecule has 2 fully saturated rings. The first-order chi connectivity index (χ1) is 14.6. The van der Waals surface area contributed by atoms with Crippen LogP contribution in [-0.2, 0) is 15.3 Å². The van der Waals surface area contributed by atoms with Crippen LogP contribution >= 0.6 is 0 Å². The van der Waals surface area contributed by atoms with Crippen molar-refractivity contribution in [2.45, 2.75) is 44.4 Å². The predicted molar refractivity (Wildman–Crippen MR) is 121 cm³/mol. The summed E-state index contributed by atoms with van der Waals surface area (Å²) in [5, 5.41) is 0. The van der Waals surface area contributed by atoms with Gasteiger partial charge in [-0.2, -0.15) is 0 Å². The smallest absolute Gasteiger partial charge is 0.232 e. The molecule has 0 aliphatic carbocycles. The molecule has 3 nitrogen and oxygen atoms in total. The molecule has 2 aromatic rings. The van der Waals surface area contributed by atoms with Crippen molar-refractivity contribution >= 4 is 5.91 Å². The molecule has 1 amide bonds. The first-order valence-corrected chi connectivity index (χ1v) is 10.9. The Morgan fingerprint density at radius 2 is 1.63 bits per heavy atom. The van der Waals surface area contributed by atoms with Crippen molar-refractivity contribution in [2.75, 3.05) is 6.61 Å². The highest BCUT2D eigenvalue weighted by Gasteiger charge is 2.63. The second kappa shape index (κ2) is 8.23. The van der Waals surface area contributed by atoms with Gasteiger partial charge in [0.2, 0.25) is 5.91 Å². The molecule has 0 radical (unpaired) electrons. The van der Waals surface area contributed by atoms with E-state index in [0.717, 1.165) is 24.0 Å². The molecule has 0 spiro atoms. The average molecular weight is 402 g/mol. The van der Waals surface area contributed by atoms with Crippen molar-refractivity contribution in [1.82, 2.24) is 4.90 Å². The van der Waals surface area contributed by atoms with Gasteiger partial charge in [-0.1, -0.05) is 79.7 Å². The maximum atomic E-state index is 14.3. The Bertz CT molecular complexity index is 897. The Hall–Kier alpha value is -2.65. The molecule has 4 rings (SSSR count). The minimum atomic E-state index is -0.737. The third-order valence-corrected chi connectivity index (χ3v) is 6.93. The van der Waals surface area contributed by atoms with Gasteiger partial charge in [0.1, 0.15) is 0 Å². The highest BCUT2D eigenvalue weighted by atomic mass is 16.5. The molecule has 0 bridgehead atoms. The lowest BCUT2D eigenvalue weighted by atomic mass is 9.64. The van der Waals surface area contributed by atoms with Gasteiger partial charge >= 0.3 is 0 Å². The third-order valence-electron chi connectivity index (χ3n) is 6.93. The molecule has 30 heavy (non-hydrogen) atoms. The molecule has 3 heteroatoms. The number of hydrogen-bond acceptors (Lipinski definition) is 2. The lowest BCUT2D eigenvalue weighted by Crippen LogP contribution is -2.61. The maximum Gasteiger partial charge on any atom is 0.232 e. The maximum absolute atomic E-state index is 14.3. The fourth-order valence-corrected chi connectivity index (χ4v) is 5.60. The number of carbonyl (C=O) groups excluding carboxylic acids is 1. The summed E-state index contributed by atoms with van der Waals surface area (Å²) < 4.78 is 6.67. The van der Waals surface area contributed by atoms with E-state index in [2.05, 4.69) is 49.2 Å². The van der Waals surface area contributed by atoms with Gasteiger partial charge in [0, 0.05) is 11.5 Å². The normalized spacial score (nSPS) is 27.5. The zero-order valence-corrected chi connectivity index (χ0v) is 17.8. The first kappa shape index (κ1) is 20.6. The van der Waals surface area contributed by atoms with Crippen molar-refractivity contribution in [2.24, 2.45) is 11.3 Å². The Morgan fingerprint density at radius 1 is 1.03 bits per heavy atom. The number of amides is 1. The molecule has 0 saturated carbocycles. The minimum absolute atomic E-state index is 0.109. The Balaban J connectivity index is 1.92. The number of hydrogen-bond donors (Lipinski definition) is 0. The summed E-state index contributed by atoms with van der Waals surface area (Å²) >= 11 is 0. The van der Waals surface area contributed by atoms with Gasteiger partial charge in [-0.25, -0.2) is 0 Å². The fourth-order valence-electron chi connectivity index (χ4n) is 5.60. The van der Waals surface area contributed by atoms with E-state index in [1.807, 2.05) is 48.6 Å². The molecule has 156 valence electrons. The minimum Gasteiger partial charge on any atom is -0.348 e. The van der Waals surface area contributed by atoms with Crippen molar-refractivity contribution in [1.29, 1.82) is 0 Å². The predicted octanol–water partition coefficient (Wildman–Crippen LogP) is 6.01. The third kappa shape index (κ3) is 3.04. The molecular formula is C27H31NO2. The lowest BCUT2D eigenvalue weighted by Gasteiger charge is -2.54. The monoisotopic (exact) mass is 401 g/mol. The highest BCUT2D eigenvalue weighted by molar-refractivity contribution is 5.86. The molecule has 0 unspecified atom stereocenters. The van der Waals surface area contributed by atoms with Gasteiger partial charge in [0.15, 0.2) is 5.72 Å². The second-order valence-electron chi connectivity index (χ2n) is 8.55. The van der Waals surface area contributed by atoms with Crippen LogP contribution in [0.25, 0.3) is 0 Å². The standard InChI is InChI=1S/C27H31NO2/c1-4-17-26(18-5-2)19-22(6-3)27(23-15-11-8-12-16-23)28(25(26)29)24(20-30-27)21-13-9-7-10-14-21/h4-5,7-16,22,24H,1-2,6,17-20H2,3H3/t22-,24+,27-/m1/s1. The Labute approximate surface area is 180 Å². The summed E-state index contributed by atoms with van der Waals surface area (Å²) in [5.41, 5.74) is 0.934. The SMILES string of the molecule is C=CCC1(CC=C)C[C@@H](CC)[C@]2(c3ccccc3)OC[C@@H](c3ccccc3)N2C1=O. The Kier molecular flexibility index (Phi) is 5.66. The summed E-state index contributed by atoms with van der Waals surface area (Å²) in [5.74, 6) is 0.341. The van der Waals surface area contributed by atoms with E-state index in [4.69, 9.17) is 4.74 Å². The summed E-state index contributed by atoms with van der Waals surface area (Å²) in [6, 6.07) is 20.4. The quantitative estimate of drug-likeness (QED) is 0.532. The van der Waals surface area contributed by atoms with E-state index in [1.165, 1.54) is 0 Å². The van der Waals surface area contributed by atoms with Crippen LogP contribution in [0.1, 0.15) is 49.8 Å². The number of nitrogens with zero attached hydrogens (tertiary/aromatic N) is 1. The second-order valence-corrected chi connectivity index (χ2v) is 8.55. The van der Waals surface area contributed by atoms with Crippen molar-refractivity contribution in [3.63, 3.8) is 0 Å². The van der Waals surface area contributed by atoms with Crippen molar-refractivity contribution in [3.8, 4) is 0 Å². The van der Waals surface area contributed by atoms with E-state index < -0.39 is 11.1 Å². The first-order valence-electron chi connectivity index (χ1n) is 10.9. The van der Waals surface area contributed by atoms with Gasteiger partial charge in [-0.15, -0.1) is 13.2 Å². The highest BCUT2D eigenvalue weighted by Crippen LogP contribution is 2.59. The number of allylic oxidation sites excluding steroid dienone is 2. The average Bonchev–Trinajstić information content (AvgIpc) is 3.20. The van der Waals surface area contributed by atoms with Crippen LogP contribution in [0, 0.1) is 11.3 Å². The van der Waals surface area contributed by atoms with Crippen LogP contribution in [0.2, 0.25) is 0 Å². The summed E-state index contributed by atoms with van der Waals surface area (Å²) in [7, 11) is 0. The van der Waals surface area contributed by atoms with Crippen molar-refractivity contribution < 1.29 is 9.53 Å². The van der Waals surface area contributed by atoms with E-state index in [1.54, 1.807) is 0 Å². The largest absolute Gasteiger partial charge is 0.348 e. The molecule has 2 saturated heterocycles. The zero-order chi connectivity index (χ0) is 21.2. The molecule has 2 aliphatic rings. The molecule has 2 heterocycles. The van der Waals surface area contributed by atoms with Gasteiger partial charge in [0.05, 0.1) is 18.1 Å². The van der Waals surface area contributed by atoms with Gasteiger partial charge in [-0.3, -0.25) is 4.79 Å². The molecule has 2 aliphatic heterocycles. The summed E-state index contributed by atoms with van der Waals surface area (Å²) in [6.45, 7) is 10.6. The molecule has 3 atom stereocenters. The van der Waals surface area contributed by atoms with Crippen LogP contribution in [0.15, 0.2) is 86.0 Å². The number of benzene rings is 2. The van der Waals surface area contributed by atoms with Gasteiger partial charge in [-0.05, 0) is 31.2 Å². The van der Waals surface area contributed by atoms with Gasteiger partial charge in [0.25, 0.3) is 0 Å².